The van der Waals surface area contributed by atoms with Crippen molar-refractivity contribution in [2.24, 2.45) is 0 Å². The van der Waals surface area contributed by atoms with Crippen LogP contribution >= 0.6 is 0 Å². The van der Waals surface area contributed by atoms with Gasteiger partial charge in [-0.1, -0.05) is 84.0 Å². The number of nitrogens with one attached hydrogen (secondary N) is 1. The van der Waals surface area contributed by atoms with Gasteiger partial charge in [-0.25, -0.2) is 4.79 Å². The summed E-state index contributed by atoms with van der Waals surface area (Å²) in [5.41, 5.74) is 0. The van der Waals surface area contributed by atoms with Gasteiger partial charge in [0, 0.05) is 6.54 Å². The molecule has 1 amide bonds. The third-order valence-corrected chi connectivity index (χ3v) is 5.10. The highest BCUT2D eigenvalue weighted by atomic mass is 16.4. The van der Waals surface area contributed by atoms with E-state index in [-0.39, 0.29) is 0 Å². The number of unbranched alkanes of at least 4 members (excludes halogenated alkanes) is 12. The molecule has 8 heteroatoms. The molecule has 0 saturated heterocycles. The van der Waals surface area contributed by atoms with Gasteiger partial charge in [-0.3, -0.25) is 4.79 Å². The molecule has 29 heavy (non-hydrogen) atoms. The van der Waals surface area contributed by atoms with E-state index < -0.39 is 36.3 Å². The van der Waals surface area contributed by atoms with Crippen molar-refractivity contribution >= 4 is 11.9 Å². The first-order chi connectivity index (χ1) is 13.8. The molecule has 0 radical (unpaired) electrons. The molecule has 172 valence electrons. The molecule has 0 aromatic heterocycles. The summed E-state index contributed by atoms with van der Waals surface area (Å²) in [4.78, 5) is 22.3. The Labute approximate surface area is 174 Å². The number of aliphatic hydroxyl groups is 4. The molecule has 0 heterocycles. The third kappa shape index (κ3) is 13.6. The van der Waals surface area contributed by atoms with Crippen LogP contribution in [0.2, 0.25) is 0 Å². The lowest BCUT2D eigenvalue weighted by Gasteiger charge is -2.23. The summed E-state index contributed by atoms with van der Waals surface area (Å²) in [5, 5.41) is 48.9. The van der Waals surface area contributed by atoms with Gasteiger partial charge in [0.2, 0.25) is 0 Å². The third-order valence-electron chi connectivity index (χ3n) is 5.10. The molecule has 0 bridgehead atoms. The molecule has 0 rings (SSSR count). The van der Waals surface area contributed by atoms with Crippen LogP contribution in [0.15, 0.2) is 0 Å². The molecular weight excluding hydrogens is 378 g/mol. The van der Waals surface area contributed by atoms with Crippen molar-refractivity contribution in [3.05, 3.63) is 0 Å². The van der Waals surface area contributed by atoms with E-state index in [0.717, 1.165) is 25.7 Å². The summed E-state index contributed by atoms with van der Waals surface area (Å²) < 4.78 is 0. The summed E-state index contributed by atoms with van der Waals surface area (Å²) >= 11 is 0. The second-order valence-electron chi connectivity index (χ2n) is 7.74. The van der Waals surface area contributed by atoms with Crippen molar-refractivity contribution < 1.29 is 35.1 Å². The van der Waals surface area contributed by atoms with Gasteiger partial charge in [0.25, 0.3) is 5.91 Å². The van der Waals surface area contributed by atoms with E-state index in [2.05, 4.69) is 12.2 Å². The fourth-order valence-corrected chi connectivity index (χ4v) is 3.13. The zero-order valence-corrected chi connectivity index (χ0v) is 17.8. The van der Waals surface area contributed by atoms with Gasteiger partial charge in [0.15, 0.2) is 12.2 Å². The number of carboxylic acid groups (broad SMARTS) is 1. The molecule has 0 fully saturated rings. The number of hydrogen-bond donors (Lipinski definition) is 6. The summed E-state index contributed by atoms with van der Waals surface area (Å²) in [5.74, 6) is -2.66. The highest BCUT2D eigenvalue weighted by Crippen LogP contribution is 2.12. The molecule has 0 aromatic carbocycles. The Morgan fingerprint density at radius 2 is 1.03 bits per heavy atom. The molecule has 0 saturated carbocycles. The first-order valence-corrected chi connectivity index (χ1v) is 11.1. The van der Waals surface area contributed by atoms with E-state index in [1.165, 1.54) is 57.8 Å². The number of carbonyl (C=O) groups is 2. The van der Waals surface area contributed by atoms with Crippen molar-refractivity contribution in [2.45, 2.75) is 115 Å². The Bertz CT molecular complexity index is 433. The minimum Gasteiger partial charge on any atom is -0.479 e. The summed E-state index contributed by atoms with van der Waals surface area (Å²) in [6.07, 6.45) is 7.12. The van der Waals surface area contributed by atoms with E-state index >= 15 is 0 Å². The van der Waals surface area contributed by atoms with E-state index in [1.807, 2.05) is 0 Å². The number of carbonyl (C=O) groups excluding carboxylic acids is 1. The van der Waals surface area contributed by atoms with Gasteiger partial charge in [-0.05, 0) is 6.42 Å². The van der Waals surface area contributed by atoms with Crippen molar-refractivity contribution in [1.29, 1.82) is 0 Å². The molecule has 0 aliphatic carbocycles. The van der Waals surface area contributed by atoms with Crippen molar-refractivity contribution in [3.63, 3.8) is 0 Å². The molecule has 0 aromatic rings. The minimum absolute atomic E-state index is 0.317. The Hall–Kier alpha value is -1.22. The van der Waals surface area contributed by atoms with Gasteiger partial charge in [-0.2, -0.15) is 0 Å². The first-order valence-electron chi connectivity index (χ1n) is 11.1. The maximum atomic E-state index is 11.7. The molecule has 0 aliphatic rings. The highest BCUT2D eigenvalue weighted by Gasteiger charge is 2.37. The molecule has 0 spiro atoms. The zero-order valence-electron chi connectivity index (χ0n) is 17.8. The fraction of sp³-hybridized carbons (Fsp3) is 0.905. The number of hydrogen-bond acceptors (Lipinski definition) is 6. The Kier molecular flexibility index (Phi) is 16.9. The van der Waals surface area contributed by atoms with Gasteiger partial charge < -0.3 is 30.8 Å². The van der Waals surface area contributed by atoms with E-state index in [0.29, 0.717) is 6.54 Å². The largest absolute Gasteiger partial charge is 0.479 e. The topological polar surface area (TPSA) is 147 Å². The van der Waals surface area contributed by atoms with Crippen LogP contribution in [0.25, 0.3) is 0 Å². The average molecular weight is 420 g/mol. The minimum atomic E-state index is -2.28. The fourth-order valence-electron chi connectivity index (χ4n) is 3.13. The second-order valence-corrected chi connectivity index (χ2v) is 7.74. The first kappa shape index (κ1) is 27.8. The SMILES string of the molecule is CCCCCCCCCCCCCCCNC(=O)C(O)C(O)C(O)C(O)C(=O)O. The predicted molar refractivity (Wildman–Crippen MR) is 110 cm³/mol. The predicted octanol–water partition coefficient (Wildman–Crippen LogP) is 1.72. The molecule has 6 N–H and O–H groups in total. The zero-order chi connectivity index (χ0) is 22.1. The molecular formula is C21H41NO7. The molecule has 4 atom stereocenters. The van der Waals surface area contributed by atoms with Crippen molar-refractivity contribution in [1.82, 2.24) is 5.32 Å². The van der Waals surface area contributed by atoms with Gasteiger partial charge in [-0.15, -0.1) is 0 Å². The van der Waals surface area contributed by atoms with Crippen LogP contribution in [-0.4, -0.2) is 68.4 Å². The lowest BCUT2D eigenvalue weighted by Crippen LogP contribution is -2.52. The molecule has 8 nitrogen and oxygen atoms in total. The smallest absolute Gasteiger partial charge is 0.335 e. The molecule has 4 unspecified atom stereocenters. The number of rotatable bonds is 19. The van der Waals surface area contributed by atoms with Gasteiger partial charge >= 0.3 is 5.97 Å². The number of carboxylic acids is 1. The number of aliphatic carboxylic acids is 1. The lowest BCUT2D eigenvalue weighted by atomic mass is 10.0. The monoisotopic (exact) mass is 419 g/mol. The standard InChI is InChI=1S/C21H41NO7/c1-2-3-4-5-6-7-8-9-10-11-12-13-14-15-22-20(27)18(25)16(23)17(24)19(26)21(28)29/h16-19,23-26H,2-15H2,1H3,(H,22,27)(H,28,29). The lowest BCUT2D eigenvalue weighted by molar-refractivity contribution is -0.166. The Morgan fingerprint density at radius 3 is 1.45 bits per heavy atom. The summed E-state index contributed by atoms with van der Waals surface area (Å²) in [6.45, 7) is 2.54. The summed E-state index contributed by atoms with van der Waals surface area (Å²) in [7, 11) is 0. The van der Waals surface area contributed by atoms with Crippen LogP contribution in [0, 0.1) is 0 Å². The van der Waals surface area contributed by atoms with Crippen LogP contribution in [0.3, 0.4) is 0 Å². The van der Waals surface area contributed by atoms with Crippen LogP contribution in [-0.2, 0) is 9.59 Å². The summed E-state index contributed by atoms with van der Waals surface area (Å²) in [6, 6.07) is 0. The quantitative estimate of drug-likeness (QED) is 0.175. The Balaban J connectivity index is 3.63. The number of amides is 1. The average Bonchev–Trinajstić information content (AvgIpc) is 2.71. The highest BCUT2D eigenvalue weighted by molar-refractivity contribution is 5.81. The maximum absolute atomic E-state index is 11.7. The Morgan fingerprint density at radius 1 is 0.655 bits per heavy atom. The van der Waals surface area contributed by atoms with Crippen molar-refractivity contribution in [2.75, 3.05) is 6.54 Å². The van der Waals surface area contributed by atoms with E-state index in [9.17, 15) is 24.9 Å². The molecule has 0 aliphatic heterocycles. The van der Waals surface area contributed by atoms with Crippen LogP contribution in [0.5, 0.6) is 0 Å². The van der Waals surface area contributed by atoms with Crippen molar-refractivity contribution in [3.8, 4) is 0 Å². The van der Waals surface area contributed by atoms with Gasteiger partial charge in [0.1, 0.15) is 12.2 Å². The normalized spacial score (nSPS) is 15.5. The van der Waals surface area contributed by atoms with Crippen LogP contribution in [0.1, 0.15) is 90.4 Å². The van der Waals surface area contributed by atoms with E-state index in [1.54, 1.807) is 0 Å². The van der Waals surface area contributed by atoms with Crippen LogP contribution < -0.4 is 5.32 Å². The number of aliphatic hydroxyl groups excluding tert-OH is 4. The van der Waals surface area contributed by atoms with Gasteiger partial charge in [0.05, 0.1) is 0 Å². The van der Waals surface area contributed by atoms with Crippen LogP contribution in [0.4, 0.5) is 0 Å². The second kappa shape index (κ2) is 17.6. The van der Waals surface area contributed by atoms with E-state index in [4.69, 9.17) is 10.2 Å². The maximum Gasteiger partial charge on any atom is 0.335 e.